The lowest BCUT2D eigenvalue weighted by Crippen LogP contribution is -1.89. The summed E-state index contributed by atoms with van der Waals surface area (Å²) in [4.78, 5) is 21.3. The fourth-order valence-electron chi connectivity index (χ4n) is 3.07. The fourth-order valence-corrected chi connectivity index (χ4v) is 3.07. The van der Waals surface area contributed by atoms with Crippen LogP contribution in [0.5, 0.6) is 5.75 Å². The first-order valence-electron chi connectivity index (χ1n) is 9.58. The summed E-state index contributed by atoms with van der Waals surface area (Å²) in [5.74, 6) is 0.642. The van der Waals surface area contributed by atoms with Crippen molar-refractivity contribution in [3.05, 3.63) is 102 Å². The molecule has 0 saturated carbocycles. The normalized spacial score (nSPS) is 11.4. The molecule has 4 heteroatoms. The molecule has 4 nitrogen and oxygen atoms in total. The van der Waals surface area contributed by atoms with Crippen molar-refractivity contribution in [1.82, 2.24) is 9.97 Å². The van der Waals surface area contributed by atoms with Crippen LogP contribution in [0.2, 0.25) is 0 Å². The van der Waals surface area contributed by atoms with Crippen LogP contribution in [0.25, 0.3) is 34.4 Å². The smallest absolute Gasteiger partial charge is 0.178 e. The molecule has 0 bridgehead atoms. The molecule has 0 radical (unpaired) electrons. The molecule has 1 heterocycles. The molecule has 3 aromatic carbocycles. The van der Waals surface area contributed by atoms with Crippen LogP contribution in [0.1, 0.15) is 11.1 Å². The number of methoxy groups -OCH3 is 1. The number of fused-ring (bicyclic) bond motifs is 1. The number of allylic oxidation sites excluding steroid dienone is 2. The van der Waals surface area contributed by atoms with Crippen molar-refractivity contribution < 1.29 is 9.53 Å². The third kappa shape index (κ3) is 4.50. The molecular weight excluding hydrogens is 372 g/mol. The predicted molar refractivity (Wildman–Crippen MR) is 121 cm³/mol. The molecule has 0 atom stereocenters. The molecule has 0 N–H and O–H groups in total. The monoisotopic (exact) mass is 392 g/mol. The van der Waals surface area contributed by atoms with Gasteiger partial charge in [0, 0.05) is 11.1 Å². The standard InChI is InChI=1S/C26H20N2O2/c1-30-26-9-5-2-6-21(26)15-17-22(29)16-12-19-10-13-20(14-11-19)25-18-27-23-7-3-4-8-24(23)28-25/h2-18H,1H3. The van der Waals surface area contributed by atoms with Gasteiger partial charge in [0.05, 0.1) is 30.0 Å². The van der Waals surface area contributed by atoms with Gasteiger partial charge in [0.15, 0.2) is 5.78 Å². The summed E-state index contributed by atoms with van der Waals surface area (Å²) < 4.78 is 5.29. The van der Waals surface area contributed by atoms with Gasteiger partial charge >= 0.3 is 0 Å². The lowest BCUT2D eigenvalue weighted by Gasteiger charge is -2.03. The number of ketones is 1. The zero-order valence-corrected chi connectivity index (χ0v) is 16.5. The maximum absolute atomic E-state index is 12.2. The second-order valence-electron chi connectivity index (χ2n) is 6.68. The van der Waals surface area contributed by atoms with E-state index in [1.54, 1.807) is 31.5 Å². The van der Waals surface area contributed by atoms with Crippen LogP contribution in [-0.2, 0) is 4.79 Å². The molecule has 146 valence electrons. The van der Waals surface area contributed by atoms with Crippen molar-refractivity contribution in [3.8, 4) is 17.0 Å². The number of ether oxygens (including phenoxy) is 1. The third-order valence-corrected chi connectivity index (χ3v) is 4.66. The van der Waals surface area contributed by atoms with Crippen LogP contribution >= 0.6 is 0 Å². The lowest BCUT2D eigenvalue weighted by atomic mass is 10.1. The molecule has 0 aliphatic rings. The average molecular weight is 392 g/mol. The number of benzene rings is 3. The number of carbonyl (C=O) groups is 1. The second-order valence-corrected chi connectivity index (χ2v) is 6.68. The van der Waals surface area contributed by atoms with E-state index in [4.69, 9.17) is 4.74 Å². The first kappa shape index (κ1) is 19.3. The number of nitrogens with zero attached hydrogens (tertiary/aromatic N) is 2. The van der Waals surface area contributed by atoms with Gasteiger partial charge in [-0.2, -0.15) is 0 Å². The molecule has 0 aliphatic carbocycles. The van der Waals surface area contributed by atoms with Crippen LogP contribution < -0.4 is 4.74 Å². The van der Waals surface area contributed by atoms with E-state index in [1.165, 1.54) is 6.08 Å². The Morgan fingerprint density at radius 1 is 0.833 bits per heavy atom. The maximum atomic E-state index is 12.2. The summed E-state index contributed by atoms with van der Waals surface area (Å²) in [6.07, 6.45) is 8.42. The zero-order valence-electron chi connectivity index (χ0n) is 16.5. The van der Waals surface area contributed by atoms with Crippen LogP contribution in [0, 0.1) is 0 Å². The highest BCUT2D eigenvalue weighted by atomic mass is 16.5. The van der Waals surface area contributed by atoms with Gasteiger partial charge in [-0.15, -0.1) is 0 Å². The molecule has 4 aromatic rings. The SMILES string of the molecule is COc1ccccc1C=CC(=O)C=Cc1ccc(-c2cnc3ccccc3n2)cc1. The molecule has 0 saturated heterocycles. The van der Waals surface area contributed by atoms with Gasteiger partial charge in [0.2, 0.25) is 0 Å². The van der Waals surface area contributed by atoms with Crippen molar-refractivity contribution >= 4 is 29.0 Å². The molecule has 0 aliphatic heterocycles. The van der Waals surface area contributed by atoms with Crippen molar-refractivity contribution in [2.75, 3.05) is 7.11 Å². The van der Waals surface area contributed by atoms with Crippen LogP contribution in [0.4, 0.5) is 0 Å². The minimum Gasteiger partial charge on any atom is -0.496 e. The highest BCUT2D eigenvalue weighted by Crippen LogP contribution is 2.21. The highest BCUT2D eigenvalue weighted by Gasteiger charge is 2.02. The quantitative estimate of drug-likeness (QED) is 0.401. The largest absolute Gasteiger partial charge is 0.496 e. The topological polar surface area (TPSA) is 52.1 Å². The molecule has 0 spiro atoms. The van der Waals surface area contributed by atoms with Crippen molar-refractivity contribution in [3.63, 3.8) is 0 Å². The summed E-state index contributed by atoms with van der Waals surface area (Å²) >= 11 is 0. The van der Waals surface area contributed by atoms with Crippen LogP contribution in [-0.4, -0.2) is 22.9 Å². The number of aromatic nitrogens is 2. The zero-order chi connectivity index (χ0) is 20.8. The van der Waals surface area contributed by atoms with Gasteiger partial charge in [-0.3, -0.25) is 9.78 Å². The van der Waals surface area contributed by atoms with Crippen LogP contribution in [0.15, 0.2) is 91.1 Å². The average Bonchev–Trinajstić information content (AvgIpc) is 2.81. The predicted octanol–water partition coefficient (Wildman–Crippen LogP) is 5.60. The van der Waals surface area contributed by atoms with E-state index in [1.807, 2.05) is 72.8 Å². The fraction of sp³-hybridized carbons (Fsp3) is 0.0385. The van der Waals surface area contributed by atoms with Crippen molar-refractivity contribution in [2.45, 2.75) is 0 Å². The van der Waals surface area contributed by atoms with E-state index in [2.05, 4.69) is 9.97 Å². The molecular formula is C26H20N2O2. The summed E-state index contributed by atoms with van der Waals surface area (Å²) in [5.41, 5.74) is 5.34. The number of hydrogen-bond donors (Lipinski definition) is 0. The van der Waals surface area contributed by atoms with Crippen molar-refractivity contribution in [1.29, 1.82) is 0 Å². The van der Waals surface area contributed by atoms with E-state index in [-0.39, 0.29) is 5.78 Å². The molecule has 4 rings (SSSR count). The lowest BCUT2D eigenvalue weighted by molar-refractivity contribution is -0.110. The van der Waals surface area contributed by atoms with Gasteiger partial charge in [-0.1, -0.05) is 60.7 Å². The van der Waals surface area contributed by atoms with E-state index < -0.39 is 0 Å². The Balaban J connectivity index is 1.45. The van der Waals surface area contributed by atoms with E-state index in [0.717, 1.165) is 39.2 Å². The third-order valence-electron chi connectivity index (χ3n) is 4.66. The summed E-state index contributed by atoms with van der Waals surface area (Å²) in [6, 6.07) is 23.2. The van der Waals surface area contributed by atoms with E-state index >= 15 is 0 Å². The van der Waals surface area contributed by atoms with Gasteiger partial charge in [-0.25, -0.2) is 4.98 Å². The van der Waals surface area contributed by atoms with Crippen LogP contribution in [0.3, 0.4) is 0 Å². The Morgan fingerprint density at radius 2 is 1.53 bits per heavy atom. The Morgan fingerprint density at radius 3 is 2.33 bits per heavy atom. The number of hydrogen-bond acceptors (Lipinski definition) is 4. The van der Waals surface area contributed by atoms with Gasteiger partial charge in [0.25, 0.3) is 0 Å². The van der Waals surface area contributed by atoms with E-state index in [9.17, 15) is 4.79 Å². The van der Waals surface area contributed by atoms with Crippen molar-refractivity contribution in [2.24, 2.45) is 0 Å². The Bertz CT molecular complexity index is 1240. The first-order valence-corrected chi connectivity index (χ1v) is 9.58. The van der Waals surface area contributed by atoms with Gasteiger partial charge in [-0.05, 0) is 42.0 Å². The highest BCUT2D eigenvalue weighted by molar-refractivity contribution is 6.04. The number of carbonyl (C=O) groups excluding carboxylic acids is 1. The first-order chi connectivity index (χ1) is 14.7. The van der Waals surface area contributed by atoms with Gasteiger partial charge < -0.3 is 4.74 Å². The molecule has 0 fully saturated rings. The Kier molecular flexibility index (Phi) is 5.76. The summed E-state index contributed by atoms with van der Waals surface area (Å²) in [5, 5.41) is 0. The molecule has 0 amide bonds. The maximum Gasteiger partial charge on any atom is 0.178 e. The Hall–Kier alpha value is -4.05. The molecule has 1 aromatic heterocycles. The Labute approximate surface area is 175 Å². The summed E-state index contributed by atoms with van der Waals surface area (Å²) in [6.45, 7) is 0. The molecule has 0 unspecified atom stereocenters. The minimum atomic E-state index is -0.0922. The number of rotatable bonds is 6. The van der Waals surface area contributed by atoms with E-state index in [0.29, 0.717) is 0 Å². The number of para-hydroxylation sites is 3. The summed E-state index contributed by atoms with van der Waals surface area (Å²) in [7, 11) is 1.61. The minimum absolute atomic E-state index is 0.0922. The van der Waals surface area contributed by atoms with Gasteiger partial charge in [0.1, 0.15) is 5.75 Å². The second kappa shape index (κ2) is 8.97. The molecule has 30 heavy (non-hydrogen) atoms.